The van der Waals surface area contributed by atoms with E-state index in [9.17, 15) is 4.79 Å². The Bertz CT molecular complexity index is 751. The summed E-state index contributed by atoms with van der Waals surface area (Å²) in [5, 5.41) is 17.8. The van der Waals surface area contributed by atoms with E-state index in [-0.39, 0.29) is 18.2 Å². The Morgan fingerprint density at radius 3 is 2.36 bits per heavy atom. The molecule has 2 aromatic rings. The van der Waals surface area contributed by atoms with Crippen molar-refractivity contribution in [2.75, 3.05) is 0 Å². The third-order valence-electron chi connectivity index (χ3n) is 3.50. The summed E-state index contributed by atoms with van der Waals surface area (Å²) >= 11 is 0. The lowest BCUT2D eigenvalue weighted by Gasteiger charge is -2.12. The number of Topliss-reactive ketones (excluding diaryl/α,β-unsaturated/α-hetero) is 1. The van der Waals surface area contributed by atoms with Crippen LogP contribution in [0.3, 0.4) is 0 Å². The van der Waals surface area contributed by atoms with Crippen LogP contribution in [0.4, 0.5) is 0 Å². The molecule has 0 heterocycles. The molecule has 2 N–H and O–H groups in total. The van der Waals surface area contributed by atoms with Crippen LogP contribution >= 0.6 is 0 Å². The van der Waals surface area contributed by atoms with E-state index >= 15 is 0 Å². The Balaban J connectivity index is 2.01. The highest BCUT2D eigenvalue weighted by molar-refractivity contribution is 5.98. The van der Waals surface area contributed by atoms with Gasteiger partial charge in [0.15, 0.2) is 5.78 Å². The maximum absolute atomic E-state index is 12.2. The quantitative estimate of drug-likeness (QED) is 0.856. The van der Waals surface area contributed by atoms with Gasteiger partial charge in [-0.1, -0.05) is 30.3 Å². The fraction of sp³-hybridized carbons (Fsp3) is 0.167. The highest BCUT2D eigenvalue weighted by Crippen LogP contribution is 2.19. The number of carbonyl (C=O) groups is 1. The van der Waals surface area contributed by atoms with Crippen LogP contribution in [0.25, 0.3) is 0 Å². The second kappa shape index (κ2) is 7.17. The summed E-state index contributed by atoms with van der Waals surface area (Å²) in [4.78, 5) is 12.2. The van der Waals surface area contributed by atoms with Gasteiger partial charge in [0.25, 0.3) is 0 Å². The Hall–Kier alpha value is -2.95. The molecule has 0 amide bonds. The first-order valence-electron chi connectivity index (χ1n) is 6.93. The van der Waals surface area contributed by atoms with Gasteiger partial charge in [0.1, 0.15) is 0 Å². The number of rotatable bonds is 5. The molecule has 1 unspecified atom stereocenters. The molecule has 0 saturated carbocycles. The van der Waals surface area contributed by atoms with E-state index in [1.54, 1.807) is 48.5 Å². The largest absolute Gasteiger partial charge is 0.324 e. The molecule has 0 bridgehead atoms. The Morgan fingerprint density at radius 1 is 1.05 bits per heavy atom. The number of benzene rings is 2. The lowest BCUT2D eigenvalue weighted by Crippen LogP contribution is -2.13. The second-order valence-corrected chi connectivity index (χ2v) is 4.96. The van der Waals surface area contributed by atoms with Gasteiger partial charge in [0.2, 0.25) is 0 Å². The molecule has 2 rings (SSSR count). The Morgan fingerprint density at radius 2 is 1.73 bits per heavy atom. The molecular formula is C18H15N3O. The van der Waals surface area contributed by atoms with Crippen molar-refractivity contribution in [1.82, 2.24) is 0 Å². The van der Waals surface area contributed by atoms with Gasteiger partial charge in [-0.3, -0.25) is 4.79 Å². The minimum Gasteiger partial charge on any atom is -0.324 e. The summed E-state index contributed by atoms with van der Waals surface area (Å²) in [6.45, 7) is 0. The van der Waals surface area contributed by atoms with Gasteiger partial charge in [-0.2, -0.15) is 10.5 Å². The summed E-state index contributed by atoms with van der Waals surface area (Å²) in [5.41, 5.74) is 8.38. The van der Waals surface area contributed by atoms with Crippen molar-refractivity contribution < 1.29 is 4.79 Å². The molecule has 0 saturated heterocycles. The van der Waals surface area contributed by atoms with E-state index in [1.807, 2.05) is 6.07 Å². The molecule has 0 aliphatic heterocycles. The van der Waals surface area contributed by atoms with Gasteiger partial charge in [0, 0.05) is 18.0 Å². The molecule has 4 nitrogen and oxygen atoms in total. The molecule has 0 aromatic heterocycles. The molecule has 0 aliphatic carbocycles. The monoisotopic (exact) mass is 289 g/mol. The predicted octanol–water partition coefficient (Wildman–Crippen LogP) is 3.09. The van der Waals surface area contributed by atoms with Crippen molar-refractivity contribution >= 4 is 5.78 Å². The van der Waals surface area contributed by atoms with E-state index < -0.39 is 0 Å². The average molecular weight is 289 g/mol. The summed E-state index contributed by atoms with van der Waals surface area (Å²) in [6, 6.07) is 17.6. The first-order valence-corrected chi connectivity index (χ1v) is 6.93. The van der Waals surface area contributed by atoms with E-state index in [0.29, 0.717) is 23.1 Å². The smallest absolute Gasteiger partial charge is 0.164 e. The summed E-state index contributed by atoms with van der Waals surface area (Å²) in [7, 11) is 0. The fourth-order valence-electron chi connectivity index (χ4n) is 2.22. The lowest BCUT2D eigenvalue weighted by atomic mass is 9.96. The normalized spacial score (nSPS) is 11.2. The third kappa shape index (κ3) is 3.58. The van der Waals surface area contributed by atoms with Crippen LogP contribution < -0.4 is 5.73 Å². The van der Waals surface area contributed by atoms with Crippen molar-refractivity contribution in [2.45, 2.75) is 18.9 Å². The van der Waals surface area contributed by atoms with Crippen LogP contribution in [0.15, 0.2) is 48.5 Å². The molecule has 0 fully saturated rings. The minimum atomic E-state index is -0.272. The van der Waals surface area contributed by atoms with Gasteiger partial charge in [-0.25, -0.2) is 0 Å². The average Bonchev–Trinajstić information content (AvgIpc) is 2.59. The number of hydrogen-bond acceptors (Lipinski definition) is 4. The topological polar surface area (TPSA) is 90.7 Å². The Kier molecular flexibility index (Phi) is 5.03. The second-order valence-electron chi connectivity index (χ2n) is 4.96. The number of carbonyl (C=O) groups excluding carboxylic acids is 1. The molecule has 4 heteroatoms. The van der Waals surface area contributed by atoms with Crippen LogP contribution in [0.5, 0.6) is 0 Å². The molecule has 22 heavy (non-hydrogen) atoms. The van der Waals surface area contributed by atoms with Crippen LogP contribution in [0.1, 0.15) is 45.9 Å². The van der Waals surface area contributed by atoms with Gasteiger partial charge in [-0.15, -0.1) is 0 Å². The van der Waals surface area contributed by atoms with Gasteiger partial charge >= 0.3 is 0 Å². The highest BCUT2D eigenvalue weighted by Gasteiger charge is 2.13. The fourth-order valence-corrected chi connectivity index (χ4v) is 2.22. The summed E-state index contributed by atoms with van der Waals surface area (Å²) < 4.78 is 0. The standard InChI is InChI=1S/C18H15N3O/c19-11-13-5-7-14(8-6-13)17(21)9-10-18(22)16-4-2-1-3-15(16)12-20/h1-8,17H,9-10,21H2. The van der Waals surface area contributed by atoms with Crippen LogP contribution in [0, 0.1) is 22.7 Å². The maximum atomic E-state index is 12.2. The van der Waals surface area contributed by atoms with Gasteiger partial charge in [0.05, 0.1) is 23.3 Å². The van der Waals surface area contributed by atoms with Crippen LogP contribution in [0.2, 0.25) is 0 Å². The predicted molar refractivity (Wildman–Crippen MR) is 82.8 cm³/mol. The van der Waals surface area contributed by atoms with Crippen LogP contribution in [-0.4, -0.2) is 5.78 Å². The zero-order valence-corrected chi connectivity index (χ0v) is 12.0. The van der Waals surface area contributed by atoms with Crippen molar-refractivity contribution in [3.63, 3.8) is 0 Å². The van der Waals surface area contributed by atoms with Crippen molar-refractivity contribution in [2.24, 2.45) is 5.73 Å². The van der Waals surface area contributed by atoms with Gasteiger partial charge < -0.3 is 5.73 Å². The first kappa shape index (κ1) is 15.4. The minimum absolute atomic E-state index is 0.0822. The van der Waals surface area contributed by atoms with Gasteiger partial charge in [-0.05, 0) is 30.2 Å². The van der Waals surface area contributed by atoms with Crippen LogP contribution in [-0.2, 0) is 0 Å². The van der Waals surface area contributed by atoms with E-state index in [2.05, 4.69) is 6.07 Å². The number of ketones is 1. The SMILES string of the molecule is N#Cc1ccc(C(N)CCC(=O)c2ccccc2C#N)cc1. The molecule has 108 valence electrons. The van der Waals surface area contributed by atoms with Crippen molar-refractivity contribution in [3.05, 3.63) is 70.8 Å². The summed E-state index contributed by atoms with van der Waals surface area (Å²) in [6.07, 6.45) is 0.768. The molecule has 0 spiro atoms. The van der Waals surface area contributed by atoms with E-state index in [0.717, 1.165) is 5.56 Å². The number of nitriles is 2. The zero-order chi connectivity index (χ0) is 15.9. The molecular weight excluding hydrogens is 274 g/mol. The lowest BCUT2D eigenvalue weighted by molar-refractivity contribution is 0.0977. The molecule has 1 atom stereocenters. The van der Waals surface area contributed by atoms with Crippen molar-refractivity contribution in [1.29, 1.82) is 10.5 Å². The number of nitrogens with zero attached hydrogens (tertiary/aromatic N) is 2. The zero-order valence-electron chi connectivity index (χ0n) is 12.0. The first-order chi connectivity index (χ1) is 10.7. The maximum Gasteiger partial charge on any atom is 0.164 e. The van der Waals surface area contributed by atoms with E-state index in [4.69, 9.17) is 16.3 Å². The molecule has 2 aromatic carbocycles. The molecule has 0 radical (unpaired) electrons. The highest BCUT2D eigenvalue weighted by atomic mass is 16.1. The number of hydrogen-bond donors (Lipinski definition) is 1. The molecule has 0 aliphatic rings. The summed E-state index contributed by atoms with van der Waals surface area (Å²) in [5.74, 6) is -0.0822. The third-order valence-corrected chi connectivity index (χ3v) is 3.50. The Labute approximate surface area is 129 Å². The van der Waals surface area contributed by atoms with E-state index in [1.165, 1.54) is 0 Å². The number of nitrogens with two attached hydrogens (primary N) is 1. The van der Waals surface area contributed by atoms with Crippen molar-refractivity contribution in [3.8, 4) is 12.1 Å².